The van der Waals surface area contributed by atoms with E-state index in [1.165, 1.54) is 0 Å². The molecule has 3 nitrogen and oxygen atoms in total. The van der Waals surface area contributed by atoms with Gasteiger partial charge in [-0.1, -0.05) is 6.07 Å². The van der Waals surface area contributed by atoms with Crippen molar-refractivity contribution in [3.8, 4) is 0 Å². The van der Waals surface area contributed by atoms with Crippen LogP contribution in [0, 0.1) is 5.82 Å². The van der Waals surface area contributed by atoms with Crippen molar-refractivity contribution in [2.24, 2.45) is 0 Å². The van der Waals surface area contributed by atoms with Crippen molar-refractivity contribution in [3.63, 3.8) is 0 Å². The van der Waals surface area contributed by atoms with Gasteiger partial charge in [-0.3, -0.25) is 0 Å². The van der Waals surface area contributed by atoms with E-state index in [2.05, 4.69) is 29.2 Å². The average Bonchev–Trinajstić information content (AvgIpc) is 2.41. The summed E-state index contributed by atoms with van der Waals surface area (Å²) in [6.07, 6.45) is 2.28. The number of likely N-dealkylation sites (tertiary alicyclic amines) is 1. The first-order chi connectivity index (χ1) is 9.13. The van der Waals surface area contributed by atoms with Crippen LogP contribution >= 0.6 is 0 Å². The van der Waals surface area contributed by atoms with Crippen LogP contribution in [0.1, 0.15) is 18.4 Å². The van der Waals surface area contributed by atoms with E-state index in [0.717, 1.165) is 37.2 Å². The lowest BCUT2D eigenvalue weighted by Gasteiger charge is -2.37. The molecule has 19 heavy (non-hydrogen) atoms. The monoisotopic (exact) mass is 265 g/mol. The predicted octanol–water partition coefficient (Wildman–Crippen LogP) is 2.08. The molecule has 1 N–H and O–H groups in total. The fraction of sp³-hybridized carbons (Fsp3) is 0.600. The molecular weight excluding hydrogens is 241 g/mol. The first-order valence-corrected chi connectivity index (χ1v) is 6.97. The van der Waals surface area contributed by atoms with Crippen LogP contribution in [-0.4, -0.2) is 45.2 Å². The van der Waals surface area contributed by atoms with Gasteiger partial charge in [0, 0.05) is 30.9 Å². The van der Waals surface area contributed by atoms with Crippen LogP contribution in [0.15, 0.2) is 18.2 Å². The van der Waals surface area contributed by atoms with Crippen molar-refractivity contribution >= 4 is 5.69 Å². The second-order valence-corrected chi connectivity index (χ2v) is 5.41. The number of halogens is 1. The van der Waals surface area contributed by atoms with Crippen molar-refractivity contribution in [2.45, 2.75) is 25.4 Å². The molecule has 0 spiro atoms. The highest BCUT2D eigenvalue weighted by atomic mass is 19.1. The Hall–Kier alpha value is -1.13. The molecule has 1 aliphatic rings. The molecule has 1 fully saturated rings. The number of hydrogen-bond donors (Lipinski definition) is 1. The maximum Gasteiger partial charge on any atom is 0.129 e. The first-order valence-electron chi connectivity index (χ1n) is 6.97. The van der Waals surface area contributed by atoms with Crippen molar-refractivity contribution in [2.75, 3.05) is 39.1 Å². The zero-order chi connectivity index (χ0) is 13.8. The number of piperidine rings is 1. The summed E-state index contributed by atoms with van der Waals surface area (Å²) in [5, 5.41) is 3.06. The second-order valence-electron chi connectivity index (χ2n) is 5.41. The Morgan fingerprint density at radius 2 is 2.05 bits per heavy atom. The highest BCUT2D eigenvalue weighted by Gasteiger charge is 2.22. The fourth-order valence-electron chi connectivity index (χ4n) is 2.81. The van der Waals surface area contributed by atoms with Gasteiger partial charge in [-0.05, 0) is 52.2 Å². The van der Waals surface area contributed by atoms with E-state index < -0.39 is 0 Å². The highest BCUT2D eigenvalue weighted by molar-refractivity contribution is 5.54. The molecule has 1 heterocycles. The van der Waals surface area contributed by atoms with Gasteiger partial charge in [-0.25, -0.2) is 4.39 Å². The van der Waals surface area contributed by atoms with Gasteiger partial charge in [0.1, 0.15) is 5.82 Å². The maximum atomic E-state index is 14.0. The van der Waals surface area contributed by atoms with Crippen LogP contribution < -0.4 is 10.2 Å². The standard InChI is InChI=1S/C15H24FN3/c1-17-11-13-14(16)5-4-6-15(13)19(3)12-7-9-18(2)10-8-12/h4-6,12,17H,7-11H2,1-3H3. The van der Waals surface area contributed by atoms with E-state index in [1.54, 1.807) is 12.1 Å². The van der Waals surface area contributed by atoms with Crippen LogP contribution in [0.2, 0.25) is 0 Å². The number of hydrogen-bond acceptors (Lipinski definition) is 3. The molecule has 1 aromatic rings. The Morgan fingerprint density at radius 3 is 2.68 bits per heavy atom. The molecule has 1 aromatic carbocycles. The average molecular weight is 265 g/mol. The SMILES string of the molecule is CNCc1c(F)cccc1N(C)C1CCN(C)CC1. The third kappa shape index (κ3) is 3.25. The summed E-state index contributed by atoms with van der Waals surface area (Å²) in [6, 6.07) is 5.87. The number of nitrogens with one attached hydrogen (secondary N) is 1. The summed E-state index contributed by atoms with van der Waals surface area (Å²) in [6.45, 7) is 2.80. The lowest BCUT2D eigenvalue weighted by Crippen LogP contribution is -2.42. The van der Waals surface area contributed by atoms with E-state index in [1.807, 2.05) is 13.1 Å². The third-order valence-electron chi connectivity index (χ3n) is 4.06. The minimum Gasteiger partial charge on any atom is -0.371 e. The molecule has 1 aliphatic heterocycles. The van der Waals surface area contributed by atoms with E-state index in [4.69, 9.17) is 0 Å². The second kappa shape index (κ2) is 6.35. The normalized spacial score (nSPS) is 17.7. The number of anilines is 1. The molecule has 0 unspecified atom stereocenters. The van der Waals surface area contributed by atoms with Crippen LogP contribution in [0.25, 0.3) is 0 Å². The molecule has 0 atom stereocenters. The molecule has 106 valence electrons. The number of nitrogens with zero attached hydrogens (tertiary/aromatic N) is 2. The van der Waals surface area contributed by atoms with Crippen molar-refractivity contribution in [3.05, 3.63) is 29.6 Å². The van der Waals surface area contributed by atoms with E-state index in [-0.39, 0.29) is 5.82 Å². The Bertz CT molecular complexity index is 414. The quantitative estimate of drug-likeness (QED) is 0.899. The topological polar surface area (TPSA) is 18.5 Å². The van der Waals surface area contributed by atoms with E-state index in [9.17, 15) is 4.39 Å². The maximum absolute atomic E-state index is 14.0. The van der Waals surface area contributed by atoms with E-state index in [0.29, 0.717) is 12.6 Å². The molecule has 0 saturated carbocycles. The van der Waals surface area contributed by atoms with Crippen LogP contribution in [0.3, 0.4) is 0 Å². The highest BCUT2D eigenvalue weighted by Crippen LogP contribution is 2.27. The predicted molar refractivity (Wildman–Crippen MR) is 78.1 cm³/mol. The summed E-state index contributed by atoms with van der Waals surface area (Å²) in [7, 11) is 6.10. The van der Waals surface area contributed by atoms with Gasteiger partial charge in [0.15, 0.2) is 0 Å². The lowest BCUT2D eigenvalue weighted by molar-refractivity contribution is 0.252. The van der Waals surface area contributed by atoms with Gasteiger partial charge in [-0.2, -0.15) is 0 Å². The summed E-state index contributed by atoms with van der Waals surface area (Å²) in [5.74, 6) is -0.119. The summed E-state index contributed by atoms with van der Waals surface area (Å²) in [5.41, 5.74) is 1.79. The molecule has 0 aliphatic carbocycles. The number of rotatable bonds is 4. The Labute approximate surface area is 115 Å². The first kappa shape index (κ1) is 14.3. The van der Waals surface area contributed by atoms with Gasteiger partial charge >= 0.3 is 0 Å². The van der Waals surface area contributed by atoms with Crippen LogP contribution in [0.5, 0.6) is 0 Å². The van der Waals surface area contributed by atoms with Crippen LogP contribution in [0.4, 0.5) is 10.1 Å². The number of benzene rings is 1. The summed E-state index contributed by atoms with van der Waals surface area (Å²) >= 11 is 0. The molecule has 1 saturated heterocycles. The molecule has 0 radical (unpaired) electrons. The van der Waals surface area contributed by atoms with Gasteiger partial charge in [0.2, 0.25) is 0 Å². The minimum atomic E-state index is -0.119. The van der Waals surface area contributed by atoms with Gasteiger partial charge in [0.25, 0.3) is 0 Å². The zero-order valence-electron chi connectivity index (χ0n) is 12.1. The zero-order valence-corrected chi connectivity index (χ0v) is 12.1. The summed E-state index contributed by atoms with van der Waals surface area (Å²) in [4.78, 5) is 4.60. The van der Waals surface area contributed by atoms with Gasteiger partial charge < -0.3 is 15.1 Å². The summed E-state index contributed by atoms with van der Waals surface area (Å²) < 4.78 is 14.0. The van der Waals surface area contributed by atoms with Crippen molar-refractivity contribution in [1.29, 1.82) is 0 Å². The fourth-order valence-corrected chi connectivity index (χ4v) is 2.81. The molecule has 0 bridgehead atoms. The van der Waals surface area contributed by atoms with Crippen molar-refractivity contribution in [1.82, 2.24) is 10.2 Å². The Morgan fingerprint density at radius 1 is 1.37 bits per heavy atom. The molecule has 0 aromatic heterocycles. The van der Waals surface area contributed by atoms with Gasteiger partial charge in [-0.15, -0.1) is 0 Å². The Balaban J connectivity index is 2.18. The molecule has 4 heteroatoms. The third-order valence-corrected chi connectivity index (χ3v) is 4.06. The van der Waals surface area contributed by atoms with Crippen LogP contribution in [-0.2, 0) is 6.54 Å². The largest absolute Gasteiger partial charge is 0.371 e. The lowest BCUT2D eigenvalue weighted by atomic mass is 10.0. The minimum absolute atomic E-state index is 0.119. The Kier molecular flexibility index (Phi) is 4.77. The molecule has 2 rings (SSSR count). The van der Waals surface area contributed by atoms with Crippen molar-refractivity contribution < 1.29 is 4.39 Å². The smallest absolute Gasteiger partial charge is 0.129 e. The molecule has 0 amide bonds. The van der Waals surface area contributed by atoms with Gasteiger partial charge in [0.05, 0.1) is 0 Å². The van der Waals surface area contributed by atoms with E-state index >= 15 is 0 Å². The molecular formula is C15H24FN3.